The number of carbonyl (C=O) groups excluding carboxylic acids is 1. The molecule has 0 spiro atoms. The maximum atomic E-state index is 12.5. The van der Waals surface area contributed by atoms with Crippen LogP contribution in [0, 0.1) is 11.3 Å². The molecule has 0 aromatic heterocycles. The van der Waals surface area contributed by atoms with Crippen molar-refractivity contribution in [1.29, 1.82) is 5.26 Å². The number of aryl methyl sites for hydroxylation is 2. The highest BCUT2D eigenvalue weighted by Crippen LogP contribution is 2.25. The van der Waals surface area contributed by atoms with E-state index in [2.05, 4.69) is 5.32 Å². The first-order valence-electron chi connectivity index (χ1n) is 8.28. The van der Waals surface area contributed by atoms with Crippen molar-refractivity contribution >= 4 is 21.6 Å². The fourth-order valence-electron chi connectivity index (χ4n) is 3.02. The van der Waals surface area contributed by atoms with Gasteiger partial charge in [-0.2, -0.15) is 9.57 Å². The molecule has 1 N–H and O–H groups in total. The number of rotatable bonds is 5. The van der Waals surface area contributed by atoms with Gasteiger partial charge in [-0.3, -0.25) is 4.79 Å². The molecule has 0 radical (unpaired) electrons. The normalized spacial score (nSPS) is 13.3. The summed E-state index contributed by atoms with van der Waals surface area (Å²) in [6.07, 6.45) is 3.19. The van der Waals surface area contributed by atoms with E-state index >= 15 is 0 Å². The Kier molecular flexibility index (Phi) is 5.07. The van der Waals surface area contributed by atoms with Gasteiger partial charge in [0.1, 0.15) is 0 Å². The van der Waals surface area contributed by atoms with Crippen LogP contribution in [0.1, 0.15) is 23.1 Å². The second kappa shape index (κ2) is 7.28. The lowest BCUT2D eigenvalue weighted by atomic mass is 10.1. The lowest BCUT2D eigenvalue weighted by Crippen LogP contribution is -2.35. The summed E-state index contributed by atoms with van der Waals surface area (Å²) in [4.78, 5) is 12.3. The average Bonchev–Trinajstić information content (AvgIpc) is 3.09. The highest BCUT2D eigenvalue weighted by atomic mass is 32.2. The third-order valence-electron chi connectivity index (χ3n) is 4.44. The highest BCUT2D eigenvalue weighted by molar-refractivity contribution is 7.89. The van der Waals surface area contributed by atoms with E-state index in [0.29, 0.717) is 11.3 Å². The van der Waals surface area contributed by atoms with Crippen LogP contribution in [0.15, 0.2) is 47.4 Å². The summed E-state index contributed by atoms with van der Waals surface area (Å²) in [6, 6.07) is 13.3. The number of hydrogen-bond donors (Lipinski definition) is 1. The molecular weight excluding hydrogens is 350 g/mol. The molecule has 2 aromatic carbocycles. The number of likely N-dealkylation sites (N-methyl/N-ethyl adjacent to an activating group) is 1. The van der Waals surface area contributed by atoms with Crippen LogP contribution in [0.4, 0.5) is 5.69 Å². The SMILES string of the molecule is CN(CC(=O)Nc1ccc2c(c1)CCC2)S(=O)(=O)c1ccc(C#N)cc1. The van der Waals surface area contributed by atoms with Crippen molar-refractivity contribution in [2.24, 2.45) is 0 Å². The van der Waals surface area contributed by atoms with Crippen molar-refractivity contribution in [3.05, 3.63) is 59.2 Å². The Labute approximate surface area is 153 Å². The minimum absolute atomic E-state index is 0.0457. The number of hydrogen-bond acceptors (Lipinski definition) is 4. The van der Waals surface area contributed by atoms with Gasteiger partial charge >= 0.3 is 0 Å². The number of anilines is 1. The summed E-state index contributed by atoms with van der Waals surface area (Å²) in [5.41, 5.74) is 3.60. The van der Waals surface area contributed by atoms with Crippen LogP contribution in [0.25, 0.3) is 0 Å². The van der Waals surface area contributed by atoms with Crippen LogP contribution in [0.3, 0.4) is 0 Å². The molecule has 0 atom stereocenters. The summed E-state index contributed by atoms with van der Waals surface area (Å²) >= 11 is 0. The van der Waals surface area contributed by atoms with Crippen molar-refractivity contribution < 1.29 is 13.2 Å². The lowest BCUT2D eigenvalue weighted by molar-refractivity contribution is -0.116. The molecule has 0 bridgehead atoms. The molecule has 7 heteroatoms. The summed E-state index contributed by atoms with van der Waals surface area (Å²) in [6.45, 7) is -0.292. The summed E-state index contributed by atoms with van der Waals surface area (Å²) < 4.78 is 26.1. The smallest absolute Gasteiger partial charge is 0.243 e. The van der Waals surface area contributed by atoms with Crippen molar-refractivity contribution in [1.82, 2.24) is 4.31 Å². The molecule has 3 rings (SSSR count). The lowest BCUT2D eigenvalue weighted by Gasteiger charge is -2.17. The Morgan fingerprint density at radius 2 is 1.85 bits per heavy atom. The summed E-state index contributed by atoms with van der Waals surface area (Å²) in [7, 11) is -2.44. The van der Waals surface area contributed by atoms with Crippen molar-refractivity contribution in [2.45, 2.75) is 24.2 Å². The van der Waals surface area contributed by atoms with Gasteiger partial charge in [0.25, 0.3) is 0 Å². The van der Waals surface area contributed by atoms with E-state index in [9.17, 15) is 13.2 Å². The molecule has 0 saturated heterocycles. The van der Waals surface area contributed by atoms with Crippen LogP contribution in [-0.4, -0.2) is 32.2 Å². The fraction of sp³-hybridized carbons (Fsp3) is 0.263. The molecule has 0 aliphatic heterocycles. The van der Waals surface area contributed by atoms with Gasteiger partial charge in [0.15, 0.2) is 0 Å². The largest absolute Gasteiger partial charge is 0.325 e. The van der Waals surface area contributed by atoms with Gasteiger partial charge in [-0.1, -0.05) is 6.07 Å². The number of amides is 1. The third kappa shape index (κ3) is 3.77. The van der Waals surface area contributed by atoms with E-state index in [1.165, 1.54) is 42.4 Å². The third-order valence-corrected chi connectivity index (χ3v) is 6.26. The molecule has 1 aliphatic rings. The quantitative estimate of drug-likeness (QED) is 0.876. The Morgan fingerprint density at radius 3 is 2.54 bits per heavy atom. The first kappa shape index (κ1) is 18.1. The van der Waals surface area contributed by atoms with E-state index in [1.54, 1.807) is 0 Å². The number of nitriles is 1. The Bertz CT molecular complexity index is 976. The zero-order valence-corrected chi connectivity index (χ0v) is 15.2. The van der Waals surface area contributed by atoms with Gasteiger partial charge < -0.3 is 5.32 Å². The van der Waals surface area contributed by atoms with Crippen molar-refractivity contribution in [2.75, 3.05) is 18.9 Å². The molecule has 134 valence electrons. The Hall–Kier alpha value is -2.69. The van der Waals surface area contributed by atoms with Crippen LogP contribution in [0.2, 0.25) is 0 Å². The molecule has 0 heterocycles. The molecule has 6 nitrogen and oxygen atoms in total. The number of sulfonamides is 1. The molecule has 1 aliphatic carbocycles. The molecular formula is C19H19N3O3S. The second-order valence-corrected chi connectivity index (χ2v) is 8.33. The molecule has 0 unspecified atom stereocenters. The Balaban J connectivity index is 1.67. The minimum atomic E-state index is -3.80. The first-order chi connectivity index (χ1) is 12.4. The first-order valence-corrected chi connectivity index (χ1v) is 9.72. The predicted molar refractivity (Wildman–Crippen MR) is 98.1 cm³/mol. The van der Waals surface area contributed by atoms with E-state index in [1.807, 2.05) is 24.3 Å². The summed E-state index contributed by atoms with van der Waals surface area (Å²) in [5, 5.41) is 11.6. The van der Waals surface area contributed by atoms with Gasteiger partial charge in [-0.15, -0.1) is 0 Å². The van der Waals surface area contributed by atoms with Crippen molar-refractivity contribution in [3.8, 4) is 6.07 Å². The van der Waals surface area contributed by atoms with E-state index in [0.717, 1.165) is 23.6 Å². The Morgan fingerprint density at radius 1 is 1.15 bits per heavy atom. The van der Waals surface area contributed by atoms with E-state index in [-0.39, 0.29) is 11.4 Å². The monoisotopic (exact) mass is 369 g/mol. The fourth-order valence-corrected chi connectivity index (χ4v) is 4.15. The number of fused-ring (bicyclic) bond motifs is 1. The molecule has 1 amide bonds. The van der Waals surface area contributed by atoms with Crippen LogP contribution >= 0.6 is 0 Å². The zero-order chi connectivity index (χ0) is 18.7. The topological polar surface area (TPSA) is 90.3 Å². The molecule has 2 aromatic rings. The highest BCUT2D eigenvalue weighted by Gasteiger charge is 2.23. The maximum Gasteiger partial charge on any atom is 0.243 e. The number of nitrogens with one attached hydrogen (secondary N) is 1. The number of carbonyl (C=O) groups is 1. The van der Waals surface area contributed by atoms with Crippen LogP contribution in [0.5, 0.6) is 0 Å². The molecule has 0 fully saturated rings. The predicted octanol–water partition coefficient (Wildman–Crippen LogP) is 2.31. The van der Waals surface area contributed by atoms with Gasteiger partial charge in [-0.25, -0.2) is 8.42 Å². The number of benzene rings is 2. The number of nitrogens with zero attached hydrogens (tertiary/aromatic N) is 2. The van der Waals surface area contributed by atoms with E-state index < -0.39 is 15.9 Å². The van der Waals surface area contributed by atoms with Gasteiger partial charge in [0, 0.05) is 12.7 Å². The van der Waals surface area contributed by atoms with Crippen LogP contribution in [-0.2, 0) is 27.7 Å². The standard InChI is InChI=1S/C19H19N3O3S/c1-22(26(24,25)18-9-5-14(12-20)6-10-18)13-19(23)21-17-8-7-15-3-2-4-16(15)11-17/h5-11H,2-4,13H2,1H3,(H,21,23). The van der Waals surface area contributed by atoms with Crippen LogP contribution < -0.4 is 5.32 Å². The van der Waals surface area contributed by atoms with Crippen molar-refractivity contribution in [3.63, 3.8) is 0 Å². The summed E-state index contributed by atoms with van der Waals surface area (Å²) in [5.74, 6) is -0.400. The van der Waals surface area contributed by atoms with Gasteiger partial charge in [0.2, 0.25) is 15.9 Å². The second-order valence-electron chi connectivity index (χ2n) is 6.28. The minimum Gasteiger partial charge on any atom is -0.325 e. The van der Waals surface area contributed by atoms with Gasteiger partial charge in [0.05, 0.1) is 23.1 Å². The zero-order valence-electron chi connectivity index (χ0n) is 14.4. The average molecular weight is 369 g/mol. The maximum absolute atomic E-state index is 12.5. The van der Waals surface area contributed by atoms with E-state index in [4.69, 9.17) is 5.26 Å². The molecule has 0 saturated carbocycles. The van der Waals surface area contributed by atoms with Gasteiger partial charge in [-0.05, 0) is 66.8 Å². The molecule has 26 heavy (non-hydrogen) atoms.